The molecule has 0 aliphatic heterocycles. The molecule has 11 nitrogen and oxygen atoms in total. The van der Waals surface area contributed by atoms with Crippen LogP contribution in [0.4, 0.5) is 0 Å². The summed E-state index contributed by atoms with van der Waals surface area (Å²) >= 11 is -7.83. The summed E-state index contributed by atoms with van der Waals surface area (Å²) in [5, 5.41) is 0. The molecule has 0 aliphatic carbocycles. The molecule has 0 unspecified atom stereocenters. The van der Waals surface area contributed by atoms with E-state index >= 15 is 0 Å². The molecule has 0 saturated heterocycles. The summed E-state index contributed by atoms with van der Waals surface area (Å²) in [6.07, 6.45) is 0.0833. The molecule has 0 aromatic heterocycles. The Morgan fingerprint density at radius 3 is 0.762 bits per heavy atom. The number of ketones is 2. The van der Waals surface area contributed by atoms with Crippen LogP contribution in [0.15, 0.2) is 0 Å². The monoisotopic (exact) mass is 394 g/mol. The third-order valence-electron chi connectivity index (χ3n) is 0.498. The first-order valence-corrected chi connectivity index (χ1v) is 6.90. The van der Waals surface area contributed by atoms with Crippen molar-refractivity contribution in [3.63, 3.8) is 0 Å². The molecule has 0 spiro atoms. The molecule has 0 saturated carbocycles. The third-order valence-corrected chi connectivity index (χ3v) is 0.498. The standard InChI is InChI=1S/C5H8O2.2Na.3H2O3S.2H/c1-4(6)3-5(2)7;;;3*1-4(2)3;;/h3H2,1-2H3;;;3*(H2,1,2,3);;. The fraction of sp³-hybridized carbons (Fsp3) is 0.600. The topological polar surface area (TPSA) is 207 Å². The minimum absolute atomic E-state index is 0. The van der Waals surface area contributed by atoms with E-state index < -0.39 is 34.1 Å². The Morgan fingerprint density at radius 1 is 0.667 bits per heavy atom. The van der Waals surface area contributed by atoms with Gasteiger partial charge in [0.1, 0.15) is 11.6 Å². The third kappa shape index (κ3) is 267. The number of hydrogen-bond acceptors (Lipinski definition) is 5. The van der Waals surface area contributed by atoms with Crippen LogP contribution in [0, 0.1) is 0 Å². The minimum atomic E-state index is -2.61. The SMILES string of the molecule is CC(=O)CC(C)=O.O=S(O)O.O=S(O)O.O=S(O)O.[NaH].[NaH]. The molecule has 0 aromatic carbocycles. The van der Waals surface area contributed by atoms with Crippen molar-refractivity contribution < 1.29 is 49.5 Å². The van der Waals surface area contributed by atoms with Crippen LogP contribution in [-0.4, -0.2) is 111 Å². The first-order valence-electron chi connectivity index (χ1n) is 3.71. The van der Waals surface area contributed by atoms with Gasteiger partial charge in [0.05, 0.1) is 6.42 Å². The van der Waals surface area contributed by atoms with E-state index in [0.717, 1.165) is 0 Å². The van der Waals surface area contributed by atoms with E-state index in [0.29, 0.717) is 0 Å². The van der Waals surface area contributed by atoms with Crippen LogP contribution in [0.25, 0.3) is 0 Å². The van der Waals surface area contributed by atoms with Crippen molar-refractivity contribution >= 4 is 105 Å². The van der Waals surface area contributed by atoms with E-state index in [1.807, 2.05) is 0 Å². The van der Waals surface area contributed by atoms with Gasteiger partial charge in [-0.15, -0.1) is 0 Å². The van der Waals surface area contributed by atoms with Gasteiger partial charge in [0.15, 0.2) is 0 Å². The molecule has 0 amide bonds. The van der Waals surface area contributed by atoms with E-state index in [-0.39, 0.29) is 77.1 Å². The number of carbonyl (C=O) groups is 2. The fourth-order valence-corrected chi connectivity index (χ4v) is 0.351. The van der Waals surface area contributed by atoms with Gasteiger partial charge in [-0.05, 0) is 13.8 Å². The summed E-state index contributed by atoms with van der Waals surface area (Å²) in [4.78, 5) is 20.1. The Morgan fingerprint density at radius 2 is 0.762 bits per heavy atom. The Bertz CT molecular complexity index is 270. The second-order valence-electron chi connectivity index (χ2n) is 2.27. The van der Waals surface area contributed by atoms with Crippen LogP contribution in [0.5, 0.6) is 0 Å². The van der Waals surface area contributed by atoms with E-state index in [9.17, 15) is 9.59 Å². The number of Topliss-reactive ketones (excluding diaryl/α,β-unsaturated/α-hetero) is 2. The molecule has 6 N–H and O–H groups in total. The number of carbonyl (C=O) groups excluding carboxylic acids is 2. The van der Waals surface area contributed by atoms with Gasteiger partial charge in [0.25, 0.3) is 34.1 Å². The van der Waals surface area contributed by atoms with Crippen LogP contribution in [-0.2, 0) is 43.7 Å². The fourth-order valence-electron chi connectivity index (χ4n) is 0.351. The van der Waals surface area contributed by atoms with Gasteiger partial charge in [-0.2, -0.15) is 12.6 Å². The summed E-state index contributed by atoms with van der Waals surface area (Å²) in [5.74, 6) is -0.125. The molecule has 21 heavy (non-hydrogen) atoms. The van der Waals surface area contributed by atoms with Crippen molar-refractivity contribution in [1.29, 1.82) is 0 Å². The molecule has 0 radical (unpaired) electrons. The summed E-state index contributed by atoms with van der Waals surface area (Å²) in [6.45, 7) is 2.81. The summed E-state index contributed by atoms with van der Waals surface area (Å²) < 4.78 is 68.5. The Labute approximate surface area is 173 Å². The summed E-state index contributed by atoms with van der Waals surface area (Å²) in [7, 11) is 0. The molecule has 0 aliphatic rings. The maximum absolute atomic E-state index is 10.0. The van der Waals surface area contributed by atoms with Gasteiger partial charge >= 0.3 is 59.1 Å². The van der Waals surface area contributed by atoms with Gasteiger partial charge in [0.2, 0.25) is 0 Å². The zero-order valence-electron chi connectivity index (χ0n) is 9.66. The second-order valence-corrected chi connectivity index (χ2v) is 3.66. The first-order chi connectivity index (χ1) is 8.32. The van der Waals surface area contributed by atoms with E-state index in [1.54, 1.807) is 0 Å². The molecule has 0 aromatic rings. The van der Waals surface area contributed by atoms with Gasteiger partial charge in [-0.3, -0.25) is 36.9 Å². The molecule has 0 rings (SSSR count). The normalized spacial score (nSPS) is 7.76. The molecular formula is C5H16Na2O11S3. The second kappa shape index (κ2) is 29.5. The maximum atomic E-state index is 10.0. The van der Waals surface area contributed by atoms with E-state index in [1.165, 1.54) is 13.8 Å². The van der Waals surface area contributed by atoms with Gasteiger partial charge in [0, 0.05) is 0 Å². The van der Waals surface area contributed by atoms with Crippen LogP contribution >= 0.6 is 0 Å². The van der Waals surface area contributed by atoms with Crippen molar-refractivity contribution in [2.75, 3.05) is 0 Å². The molecule has 16 heteroatoms. The predicted molar refractivity (Wildman–Crippen MR) is 80.5 cm³/mol. The predicted octanol–water partition coefficient (Wildman–Crippen LogP) is -1.70. The zero-order valence-corrected chi connectivity index (χ0v) is 12.1. The van der Waals surface area contributed by atoms with Crippen molar-refractivity contribution in [1.82, 2.24) is 0 Å². The average molecular weight is 394 g/mol. The van der Waals surface area contributed by atoms with Gasteiger partial charge < -0.3 is 0 Å². The Kier molecular flexibility index (Phi) is 53.8. The average Bonchev–Trinajstić information content (AvgIpc) is 1.95. The van der Waals surface area contributed by atoms with Crippen LogP contribution in [0.1, 0.15) is 20.3 Å². The first kappa shape index (κ1) is 38.2. The van der Waals surface area contributed by atoms with Gasteiger partial charge in [-0.1, -0.05) is 0 Å². The van der Waals surface area contributed by atoms with Crippen LogP contribution < -0.4 is 0 Å². The molecule has 0 fully saturated rings. The molecule has 0 heterocycles. The summed E-state index contributed by atoms with van der Waals surface area (Å²) in [6, 6.07) is 0. The van der Waals surface area contributed by atoms with Crippen molar-refractivity contribution in [2.45, 2.75) is 20.3 Å². The van der Waals surface area contributed by atoms with Crippen molar-refractivity contribution in [3.05, 3.63) is 0 Å². The number of rotatable bonds is 2. The molecule has 0 bridgehead atoms. The molecule has 122 valence electrons. The Balaban J connectivity index is -0.0000000359. The Hall–Kier alpha value is 1.55. The van der Waals surface area contributed by atoms with Gasteiger partial charge in [-0.25, -0.2) is 0 Å². The van der Waals surface area contributed by atoms with Crippen molar-refractivity contribution in [2.24, 2.45) is 0 Å². The van der Waals surface area contributed by atoms with E-state index in [4.69, 9.17) is 39.9 Å². The molecule has 0 atom stereocenters. The molecular weight excluding hydrogens is 378 g/mol. The zero-order chi connectivity index (χ0) is 16.6. The van der Waals surface area contributed by atoms with E-state index in [2.05, 4.69) is 0 Å². The summed E-state index contributed by atoms with van der Waals surface area (Å²) in [5.41, 5.74) is 0. The van der Waals surface area contributed by atoms with Crippen LogP contribution in [0.2, 0.25) is 0 Å². The quantitative estimate of drug-likeness (QED) is 0.177. The van der Waals surface area contributed by atoms with Crippen molar-refractivity contribution in [3.8, 4) is 0 Å². The number of hydrogen-bond donors (Lipinski definition) is 6. The van der Waals surface area contributed by atoms with Crippen LogP contribution in [0.3, 0.4) is 0 Å².